The number of likely N-dealkylation sites (N-methyl/N-ethyl adjacent to an activating group) is 1. The van der Waals surface area contributed by atoms with Crippen molar-refractivity contribution in [3.8, 4) is 17.2 Å². The summed E-state index contributed by atoms with van der Waals surface area (Å²) in [5.41, 5.74) is 7.06. The minimum Gasteiger partial charge on any atom is -0.492 e. The van der Waals surface area contributed by atoms with Gasteiger partial charge in [-0.2, -0.15) is 0 Å². The average molecular weight is 480 g/mol. The summed E-state index contributed by atoms with van der Waals surface area (Å²) in [6.07, 6.45) is 13.0. The van der Waals surface area contributed by atoms with Gasteiger partial charge in [-0.15, -0.1) is 0 Å². The SMILES string of the molecule is COc1c2c(cc3c1[C@H](CC(=O)/C=C\C=C(/C)CCC1=C(C)CCCC1(C)C)N(C)CC3)OCO2. The molecule has 0 spiro atoms. The van der Waals surface area contributed by atoms with Crippen LogP contribution >= 0.6 is 0 Å². The highest BCUT2D eigenvalue weighted by Gasteiger charge is 2.34. The van der Waals surface area contributed by atoms with Crippen LogP contribution in [0.3, 0.4) is 0 Å². The zero-order valence-electron chi connectivity index (χ0n) is 22.3. The third-order valence-corrected chi connectivity index (χ3v) is 8.06. The quantitative estimate of drug-likeness (QED) is 0.235. The Balaban J connectivity index is 1.42. The second kappa shape index (κ2) is 10.6. The number of ketones is 1. The molecule has 0 N–H and O–H groups in total. The van der Waals surface area contributed by atoms with Gasteiger partial charge in [-0.25, -0.2) is 0 Å². The number of allylic oxidation sites excluding steroid dienone is 6. The summed E-state index contributed by atoms with van der Waals surface area (Å²) in [6, 6.07) is 2.01. The van der Waals surface area contributed by atoms with Crippen molar-refractivity contribution in [2.45, 2.75) is 78.7 Å². The van der Waals surface area contributed by atoms with Crippen LogP contribution in [0.2, 0.25) is 0 Å². The highest BCUT2D eigenvalue weighted by atomic mass is 16.7. The standard InChI is InChI=1S/C30H41NO4/c1-20(12-13-24-21(2)10-8-15-30(24,3)4)9-7-11-23(32)18-25-27-22(14-16-31(25)5)17-26-28(29(27)33-6)35-19-34-26/h7,9,11,17,25H,8,10,12-16,18-19H2,1-6H3/b11-7-,20-9+/t25-/m0/s1. The van der Waals surface area contributed by atoms with E-state index in [4.69, 9.17) is 14.2 Å². The van der Waals surface area contributed by atoms with E-state index in [2.05, 4.69) is 51.8 Å². The summed E-state index contributed by atoms with van der Waals surface area (Å²) in [7, 11) is 3.73. The molecule has 0 amide bonds. The molecule has 0 aromatic heterocycles. The molecule has 4 rings (SSSR count). The molecule has 5 heteroatoms. The predicted octanol–water partition coefficient (Wildman–Crippen LogP) is 6.72. The monoisotopic (exact) mass is 479 g/mol. The van der Waals surface area contributed by atoms with Gasteiger partial charge in [0.25, 0.3) is 0 Å². The topological polar surface area (TPSA) is 48.0 Å². The summed E-state index contributed by atoms with van der Waals surface area (Å²) >= 11 is 0. The van der Waals surface area contributed by atoms with Crippen LogP contribution in [0.1, 0.15) is 83.4 Å². The lowest BCUT2D eigenvalue weighted by Crippen LogP contribution is -2.33. The first kappa shape index (κ1) is 25.6. The van der Waals surface area contributed by atoms with Crippen LogP contribution in [0.15, 0.2) is 41.0 Å². The second-order valence-electron chi connectivity index (χ2n) is 11.0. The lowest BCUT2D eigenvalue weighted by Gasteiger charge is -2.35. The van der Waals surface area contributed by atoms with E-state index in [0.29, 0.717) is 23.3 Å². The van der Waals surface area contributed by atoms with Gasteiger partial charge in [0, 0.05) is 24.6 Å². The number of ether oxygens (including phenoxy) is 3. The number of hydrogen-bond acceptors (Lipinski definition) is 5. The molecule has 0 saturated heterocycles. The van der Waals surface area contributed by atoms with Crippen molar-refractivity contribution in [2.24, 2.45) is 5.41 Å². The zero-order valence-corrected chi connectivity index (χ0v) is 22.3. The fourth-order valence-electron chi connectivity index (χ4n) is 5.99. The number of nitrogens with zero attached hydrogens (tertiary/aromatic N) is 1. The molecule has 5 nitrogen and oxygen atoms in total. The molecular weight excluding hydrogens is 438 g/mol. The number of carbonyl (C=O) groups excluding carboxylic acids is 1. The fraction of sp³-hybridized carbons (Fsp3) is 0.567. The second-order valence-corrected chi connectivity index (χ2v) is 11.0. The van der Waals surface area contributed by atoms with Crippen LogP contribution in [0, 0.1) is 5.41 Å². The molecule has 3 aliphatic rings. The molecule has 1 aliphatic carbocycles. The van der Waals surface area contributed by atoms with E-state index in [0.717, 1.165) is 37.1 Å². The van der Waals surface area contributed by atoms with Crippen molar-refractivity contribution in [3.05, 3.63) is 52.1 Å². The largest absolute Gasteiger partial charge is 0.492 e. The lowest BCUT2D eigenvalue weighted by atomic mass is 9.71. The Hall–Kier alpha value is -2.53. The third-order valence-electron chi connectivity index (χ3n) is 8.06. The van der Waals surface area contributed by atoms with E-state index >= 15 is 0 Å². The maximum Gasteiger partial charge on any atom is 0.231 e. The van der Waals surface area contributed by atoms with Gasteiger partial charge in [0.1, 0.15) is 0 Å². The van der Waals surface area contributed by atoms with Gasteiger partial charge in [-0.05, 0) is 82.5 Å². The molecule has 0 unspecified atom stereocenters. The van der Waals surface area contributed by atoms with Crippen molar-refractivity contribution < 1.29 is 19.0 Å². The van der Waals surface area contributed by atoms with Gasteiger partial charge in [-0.1, -0.05) is 42.7 Å². The van der Waals surface area contributed by atoms with Crippen LogP contribution in [0.4, 0.5) is 0 Å². The Morgan fingerprint density at radius 2 is 2.09 bits per heavy atom. The number of benzene rings is 1. The predicted molar refractivity (Wildman–Crippen MR) is 140 cm³/mol. The smallest absolute Gasteiger partial charge is 0.231 e. The maximum absolute atomic E-state index is 13.0. The zero-order chi connectivity index (χ0) is 25.2. The van der Waals surface area contributed by atoms with E-state index in [1.165, 1.54) is 30.4 Å². The van der Waals surface area contributed by atoms with Gasteiger partial charge in [0.2, 0.25) is 12.5 Å². The lowest BCUT2D eigenvalue weighted by molar-refractivity contribution is -0.115. The fourth-order valence-corrected chi connectivity index (χ4v) is 5.99. The normalized spacial score (nSPS) is 22.0. The first-order valence-electron chi connectivity index (χ1n) is 13.0. The number of methoxy groups -OCH3 is 1. The van der Waals surface area contributed by atoms with Crippen LogP contribution in [0.5, 0.6) is 17.2 Å². The minimum absolute atomic E-state index is 0.0473. The highest BCUT2D eigenvalue weighted by molar-refractivity contribution is 5.90. The molecule has 1 aromatic carbocycles. The van der Waals surface area contributed by atoms with E-state index in [1.54, 1.807) is 24.3 Å². The number of carbonyl (C=O) groups is 1. The Morgan fingerprint density at radius 3 is 2.83 bits per heavy atom. The number of rotatable bonds is 8. The molecule has 0 bridgehead atoms. The maximum atomic E-state index is 13.0. The van der Waals surface area contributed by atoms with E-state index in [9.17, 15) is 4.79 Å². The molecule has 190 valence electrons. The molecule has 0 fully saturated rings. The highest BCUT2D eigenvalue weighted by Crippen LogP contribution is 2.50. The molecule has 1 aromatic rings. The Bertz CT molecular complexity index is 1060. The van der Waals surface area contributed by atoms with E-state index < -0.39 is 0 Å². The van der Waals surface area contributed by atoms with Crippen LogP contribution in [0.25, 0.3) is 0 Å². The summed E-state index contributed by atoms with van der Waals surface area (Å²) < 4.78 is 17.0. The average Bonchev–Trinajstić information content (AvgIpc) is 3.27. The summed E-state index contributed by atoms with van der Waals surface area (Å²) in [4.78, 5) is 15.2. The number of fused-ring (bicyclic) bond motifs is 2. The molecular formula is C30H41NO4. The first-order chi connectivity index (χ1) is 16.7. The summed E-state index contributed by atoms with van der Waals surface area (Å²) in [5, 5.41) is 0. The number of hydrogen-bond donors (Lipinski definition) is 0. The van der Waals surface area contributed by atoms with Crippen molar-refractivity contribution in [2.75, 3.05) is 27.5 Å². The van der Waals surface area contributed by atoms with Crippen LogP contribution in [-0.4, -0.2) is 38.2 Å². The van der Waals surface area contributed by atoms with Crippen LogP contribution in [-0.2, 0) is 11.2 Å². The van der Waals surface area contributed by atoms with Gasteiger partial charge in [0.05, 0.1) is 7.11 Å². The summed E-state index contributed by atoms with van der Waals surface area (Å²) in [6.45, 7) is 10.3. The molecule has 0 saturated carbocycles. The molecule has 2 aliphatic heterocycles. The Labute approximate surface area is 210 Å². The van der Waals surface area contributed by atoms with Gasteiger partial charge in [0.15, 0.2) is 17.3 Å². The van der Waals surface area contributed by atoms with Crippen molar-refractivity contribution in [1.82, 2.24) is 4.90 Å². The van der Waals surface area contributed by atoms with E-state index in [1.807, 2.05) is 6.08 Å². The van der Waals surface area contributed by atoms with E-state index in [-0.39, 0.29) is 18.6 Å². The van der Waals surface area contributed by atoms with Gasteiger partial charge < -0.3 is 14.2 Å². The molecule has 2 heterocycles. The minimum atomic E-state index is -0.0473. The third kappa shape index (κ3) is 5.50. The van der Waals surface area contributed by atoms with Crippen molar-refractivity contribution >= 4 is 5.78 Å². The summed E-state index contributed by atoms with van der Waals surface area (Å²) in [5.74, 6) is 2.21. The van der Waals surface area contributed by atoms with Gasteiger partial charge in [-0.3, -0.25) is 9.69 Å². The molecule has 1 atom stereocenters. The van der Waals surface area contributed by atoms with Crippen molar-refractivity contribution in [1.29, 1.82) is 0 Å². The van der Waals surface area contributed by atoms with Gasteiger partial charge >= 0.3 is 0 Å². The molecule has 0 radical (unpaired) electrons. The first-order valence-corrected chi connectivity index (χ1v) is 13.0. The van der Waals surface area contributed by atoms with Crippen molar-refractivity contribution in [3.63, 3.8) is 0 Å². The Morgan fingerprint density at radius 1 is 1.29 bits per heavy atom. The molecule has 35 heavy (non-hydrogen) atoms. The Kier molecular flexibility index (Phi) is 7.75. The van der Waals surface area contributed by atoms with Crippen LogP contribution < -0.4 is 14.2 Å².